The SMILES string of the molecule is N#C/C(=C\c1ccco1)C(=O)N1CC[NH+](CCc2ccccc2)CC1. The second-order valence-corrected chi connectivity index (χ2v) is 6.21. The van der Waals surface area contributed by atoms with E-state index in [1.807, 2.05) is 12.1 Å². The van der Waals surface area contributed by atoms with E-state index in [9.17, 15) is 10.1 Å². The zero-order valence-corrected chi connectivity index (χ0v) is 14.1. The Morgan fingerprint density at radius 2 is 1.96 bits per heavy atom. The van der Waals surface area contributed by atoms with Gasteiger partial charge >= 0.3 is 0 Å². The maximum absolute atomic E-state index is 12.5. The summed E-state index contributed by atoms with van der Waals surface area (Å²) in [6.45, 7) is 4.26. The van der Waals surface area contributed by atoms with E-state index in [0.29, 0.717) is 18.8 Å². The Hall–Kier alpha value is -2.84. The fourth-order valence-corrected chi connectivity index (χ4v) is 3.07. The average Bonchev–Trinajstić information content (AvgIpc) is 3.18. The first kappa shape index (κ1) is 17.0. The number of nitrogens with one attached hydrogen (secondary N) is 1. The number of piperazine rings is 1. The van der Waals surface area contributed by atoms with Crippen molar-refractivity contribution in [3.63, 3.8) is 0 Å². The molecule has 2 aromatic rings. The van der Waals surface area contributed by atoms with Crippen molar-refractivity contribution in [1.82, 2.24) is 4.90 Å². The number of rotatable bonds is 5. The summed E-state index contributed by atoms with van der Waals surface area (Å²) in [6, 6.07) is 15.9. The molecule has 1 aromatic heterocycles. The minimum Gasteiger partial charge on any atom is -0.465 e. The van der Waals surface area contributed by atoms with Crippen LogP contribution in [0.15, 0.2) is 58.7 Å². The van der Waals surface area contributed by atoms with Crippen molar-refractivity contribution in [2.45, 2.75) is 6.42 Å². The van der Waals surface area contributed by atoms with Gasteiger partial charge in [-0.15, -0.1) is 0 Å². The van der Waals surface area contributed by atoms with E-state index in [-0.39, 0.29) is 11.5 Å². The van der Waals surface area contributed by atoms with Crippen molar-refractivity contribution in [3.05, 3.63) is 65.6 Å². The van der Waals surface area contributed by atoms with Crippen molar-refractivity contribution < 1.29 is 14.1 Å². The van der Waals surface area contributed by atoms with E-state index in [1.165, 1.54) is 22.8 Å². The lowest BCUT2D eigenvalue weighted by atomic mass is 10.1. The molecule has 1 aromatic carbocycles. The highest BCUT2D eigenvalue weighted by Gasteiger charge is 2.25. The van der Waals surface area contributed by atoms with Crippen LogP contribution in [-0.4, -0.2) is 43.5 Å². The van der Waals surface area contributed by atoms with Crippen molar-refractivity contribution in [2.75, 3.05) is 32.7 Å². The summed E-state index contributed by atoms with van der Waals surface area (Å²) >= 11 is 0. The standard InChI is InChI=1S/C20H21N3O2/c21-16-18(15-19-7-4-14-25-19)20(24)23-12-10-22(11-13-23)9-8-17-5-2-1-3-6-17/h1-7,14-15H,8-13H2/p+1/b18-15+. The number of amides is 1. The molecule has 5 heteroatoms. The Morgan fingerprint density at radius 1 is 1.20 bits per heavy atom. The van der Waals surface area contributed by atoms with Crippen molar-refractivity contribution in [1.29, 1.82) is 5.26 Å². The second-order valence-electron chi connectivity index (χ2n) is 6.21. The number of furan rings is 1. The molecular formula is C20H22N3O2+. The fraction of sp³-hybridized carbons (Fsp3) is 0.300. The number of nitrogens with zero attached hydrogens (tertiary/aromatic N) is 2. The van der Waals surface area contributed by atoms with E-state index in [2.05, 4.69) is 24.3 Å². The third-order valence-corrected chi connectivity index (χ3v) is 4.55. The minimum absolute atomic E-state index is 0.127. The van der Waals surface area contributed by atoms with Crippen LogP contribution in [0.2, 0.25) is 0 Å². The van der Waals surface area contributed by atoms with Gasteiger partial charge in [-0.25, -0.2) is 0 Å². The lowest BCUT2D eigenvalue weighted by molar-refractivity contribution is -0.903. The number of hydrogen-bond acceptors (Lipinski definition) is 3. The van der Waals surface area contributed by atoms with Crippen LogP contribution < -0.4 is 4.90 Å². The molecule has 0 atom stereocenters. The summed E-state index contributed by atoms with van der Waals surface area (Å²) in [7, 11) is 0. The summed E-state index contributed by atoms with van der Waals surface area (Å²) in [6.07, 6.45) is 4.09. The largest absolute Gasteiger partial charge is 0.465 e. The average molecular weight is 336 g/mol. The molecule has 0 bridgehead atoms. The summed E-state index contributed by atoms with van der Waals surface area (Å²) in [5, 5.41) is 9.28. The van der Waals surface area contributed by atoms with Crippen LogP contribution in [0.5, 0.6) is 0 Å². The molecule has 1 amide bonds. The molecule has 1 aliphatic rings. The Kier molecular flexibility index (Phi) is 5.65. The molecule has 3 rings (SSSR count). The molecule has 0 unspecified atom stereocenters. The number of nitriles is 1. The predicted octanol–water partition coefficient (Wildman–Crippen LogP) is 1.16. The van der Waals surface area contributed by atoms with Gasteiger partial charge in [-0.2, -0.15) is 5.26 Å². The maximum atomic E-state index is 12.5. The van der Waals surface area contributed by atoms with Crippen LogP contribution in [-0.2, 0) is 11.2 Å². The van der Waals surface area contributed by atoms with E-state index in [4.69, 9.17) is 4.42 Å². The van der Waals surface area contributed by atoms with E-state index in [1.54, 1.807) is 17.0 Å². The lowest BCUT2D eigenvalue weighted by Gasteiger charge is -2.32. The van der Waals surface area contributed by atoms with Crippen LogP contribution in [0.3, 0.4) is 0 Å². The van der Waals surface area contributed by atoms with Gasteiger partial charge in [0.05, 0.1) is 39.0 Å². The molecule has 0 radical (unpaired) electrons. The molecule has 25 heavy (non-hydrogen) atoms. The van der Waals surface area contributed by atoms with Gasteiger partial charge in [0.1, 0.15) is 17.4 Å². The molecule has 0 aliphatic carbocycles. The van der Waals surface area contributed by atoms with Gasteiger partial charge in [0.2, 0.25) is 0 Å². The highest BCUT2D eigenvalue weighted by molar-refractivity contribution is 6.01. The van der Waals surface area contributed by atoms with E-state index in [0.717, 1.165) is 26.1 Å². The maximum Gasteiger partial charge on any atom is 0.265 e. The van der Waals surface area contributed by atoms with Gasteiger partial charge in [-0.05, 0) is 17.7 Å². The van der Waals surface area contributed by atoms with Gasteiger partial charge < -0.3 is 14.2 Å². The third-order valence-electron chi connectivity index (χ3n) is 4.55. The van der Waals surface area contributed by atoms with Gasteiger partial charge in [-0.3, -0.25) is 4.79 Å². The van der Waals surface area contributed by atoms with Crippen LogP contribution >= 0.6 is 0 Å². The van der Waals surface area contributed by atoms with Crippen LogP contribution in [0.25, 0.3) is 6.08 Å². The second kappa shape index (κ2) is 8.32. The number of benzene rings is 1. The molecular weight excluding hydrogens is 314 g/mol. The number of hydrogen-bond donors (Lipinski definition) is 1. The number of carbonyl (C=O) groups is 1. The predicted molar refractivity (Wildman–Crippen MR) is 94.6 cm³/mol. The normalized spacial score (nSPS) is 15.8. The number of quaternary nitrogens is 1. The zero-order valence-electron chi connectivity index (χ0n) is 14.1. The first-order valence-corrected chi connectivity index (χ1v) is 8.58. The Labute approximate surface area is 147 Å². The van der Waals surface area contributed by atoms with Gasteiger partial charge in [0.15, 0.2) is 0 Å². The quantitative estimate of drug-likeness (QED) is 0.658. The monoisotopic (exact) mass is 336 g/mol. The van der Waals surface area contributed by atoms with Crippen LogP contribution in [0, 0.1) is 11.3 Å². The third kappa shape index (κ3) is 4.59. The summed E-state index contributed by atoms with van der Waals surface area (Å²) in [5.41, 5.74) is 1.48. The first-order chi connectivity index (χ1) is 12.3. The number of carbonyl (C=O) groups excluding carboxylic acids is 1. The molecule has 2 heterocycles. The molecule has 1 fully saturated rings. The molecule has 128 valence electrons. The molecule has 1 saturated heterocycles. The first-order valence-electron chi connectivity index (χ1n) is 8.58. The van der Waals surface area contributed by atoms with Crippen molar-refractivity contribution in [2.24, 2.45) is 0 Å². The smallest absolute Gasteiger partial charge is 0.265 e. The summed E-state index contributed by atoms with van der Waals surface area (Å²) in [5.74, 6) is 0.318. The molecule has 0 saturated carbocycles. The highest BCUT2D eigenvalue weighted by Crippen LogP contribution is 2.10. The summed E-state index contributed by atoms with van der Waals surface area (Å²) in [4.78, 5) is 15.8. The molecule has 1 N–H and O–H groups in total. The highest BCUT2D eigenvalue weighted by atomic mass is 16.3. The van der Waals surface area contributed by atoms with E-state index >= 15 is 0 Å². The Morgan fingerprint density at radius 3 is 2.60 bits per heavy atom. The van der Waals surface area contributed by atoms with Crippen LogP contribution in [0.1, 0.15) is 11.3 Å². The molecule has 0 spiro atoms. The van der Waals surface area contributed by atoms with Crippen molar-refractivity contribution in [3.8, 4) is 6.07 Å². The van der Waals surface area contributed by atoms with Gasteiger partial charge in [0, 0.05) is 12.5 Å². The van der Waals surface area contributed by atoms with E-state index < -0.39 is 0 Å². The summed E-state index contributed by atoms with van der Waals surface area (Å²) < 4.78 is 5.19. The van der Waals surface area contributed by atoms with Gasteiger partial charge in [0.25, 0.3) is 5.91 Å². The van der Waals surface area contributed by atoms with Gasteiger partial charge in [-0.1, -0.05) is 30.3 Å². The lowest BCUT2D eigenvalue weighted by Crippen LogP contribution is -3.15. The Bertz CT molecular complexity index is 752. The minimum atomic E-state index is -0.207. The van der Waals surface area contributed by atoms with Crippen molar-refractivity contribution >= 4 is 12.0 Å². The topological polar surface area (TPSA) is 61.7 Å². The fourth-order valence-electron chi connectivity index (χ4n) is 3.07. The molecule has 5 nitrogen and oxygen atoms in total. The molecule has 1 aliphatic heterocycles. The zero-order chi connectivity index (χ0) is 17.5. The Balaban J connectivity index is 1.51. The van der Waals surface area contributed by atoms with Crippen LogP contribution in [0.4, 0.5) is 0 Å².